The molecule has 0 fully saturated rings. The number of amides is 2. The molecule has 0 aliphatic carbocycles. The molecule has 3 aromatic rings. The molecule has 7 heteroatoms. The summed E-state index contributed by atoms with van der Waals surface area (Å²) in [5, 5.41) is 6.58. The lowest BCUT2D eigenvalue weighted by Crippen LogP contribution is -2.33. The summed E-state index contributed by atoms with van der Waals surface area (Å²) in [4.78, 5) is 36.8. The minimum absolute atomic E-state index is 0.289. The van der Waals surface area contributed by atoms with Gasteiger partial charge in [-0.05, 0) is 62.2 Å². The lowest BCUT2D eigenvalue weighted by molar-refractivity contribution is -0.136. The average Bonchev–Trinajstić information content (AvgIpc) is 2.80. The van der Waals surface area contributed by atoms with Crippen LogP contribution >= 0.6 is 0 Å². The fraction of sp³-hybridized carbons (Fsp3) is 0.120. The predicted molar refractivity (Wildman–Crippen MR) is 123 cm³/mol. The number of para-hydroxylation sites is 1. The van der Waals surface area contributed by atoms with Gasteiger partial charge in [0.25, 0.3) is 0 Å². The minimum Gasteiger partial charge on any atom is -0.422 e. The molecule has 0 atom stereocenters. The van der Waals surface area contributed by atoms with Gasteiger partial charge in [0, 0.05) is 11.3 Å². The van der Waals surface area contributed by atoms with Gasteiger partial charge in [0.15, 0.2) is 0 Å². The van der Waals surface area contributed by atoms with E-state index in [0.29, 0.717) is 22.5 Å². The maximum Gasteiger partial charge on any atom is 0.343 e. The number of hydrazone groups is 1. The average molecular weight is 429 g/mol. The van der Waals surface area contributed by atoms with Gasteiger partial charge in [-0.15, -0.1) is 0 Å². The van der Waals surface area contributed by atoms with Crippen molar-refractivity contribution in [3.8, 4) is 5.75 Å². The molecule has 0 saturated carbocycles. The van der Waals surface area contributed by atoms with Crippen molar-refractivity contribution in [2.24, 2.45) is 5.10 Å². The summed E-state index contributed by atoms with van der Waals surface area (Å²) in [5.74, 6) is -1.97. The zero-order valence-electron chi connectivity index (χ0n) is 18.0. The third-order valence-corrected chi connectivity index (χ3v) is 4.66. The fourth-order valence-electron chi connectivity index (χ4n) is 2.88. The second-order valence-corrected chi connectivity index (χ2v) is 7.16. The zero-order valence-corrected chi connectivity index (χ0v) is 18.0. The Morgan fingerprint density at radius 2 is 1.53 bits per heavy atom. The van der Waals surface area contributed by atoms with E-state index in [-0.39, 0.29) is 5.75 Å². The Morgan fingerprint density at radius 1 is 0.844 bits per heavy atom. The maximum absolute atomic E-state index is 12.4. The van der Waals surface area contributed by atoms with Crippen LogP contribution in [0.3, 0.4) is 0 Å². The molecule has 0 aromatic heterocycles. The Labute approximate surface area is 186 Å². The van der Waals surface area contributed by atoms with Gasteiger partial charge in [0.1, 0.15) is 5.75 Å². The SMILES string of the molecule is CC(=NNC(=O)C(=O)Nc1cc(C)ccc1C)c1ccccc1OC(=O)c1ccccc1. The molecular weight excluding hydrogens is 406 g/mol. The predicted octanol–water partition coefficient (Wildman–Crippen LogP) is 4.00. The van der Waals surface area contributed by atoms with Crippen LogP contribution in [-0.2, 0) is 9.59 Å². The second-order valence-electron chi connectivity index (χ2n) is 7.16. The van der Waals surface area contributed by atoms with Crippen LogP contribution < -0.4 is 15.5 Å². The van der Waals surface area contributed by atoms with Crippen molar-refractivity contribution in [2.75, 3.05) is 5.32 Å². The fourth-order valence-corrected chi connectivity index (χ4v) is 2.88. The smallest absolute Gasteiger partial charge is 0.343 e. The molecule has 7 nitrogen and oxygen atoms in total. The van der Waals surface area contributed by atoms with E-state index in [1.54, 1.807) is 67.6 Å². The van der Waals surface area contributed by atoms with Crippen LogP contribution in [0.1, 0.15) is 34.0 Å². The van der Waals surface area contributed by atoms with Crippen molar-refractivity contribution in [1.29, 1.82) is 0 Å². The molecule has 162 valence electrons. The topological polar surface area (TPSA) is 96.9 Å². The number of hydrogen-bond acceptors (Lipinski definition) is 5. The Bertz CT molecular complexity index is 1190. The molecule has 0 heterocycles. The Kier molecular flexibility index (Phi) is 7.13. The van der Waals surface area contributed by atoms with Crippen LogP contribution in [0.15, 0.2) is 77.9 Å². The van der Waals surface area contributed by atoms with E-state index in [2.05, 4.69) is 15.8 Å². The number of anilines is 1. The van der Waals surface area contributed by atoms with Crippen LogP contribution in [0.2, 0.25) is 0 Å². The van der Waals surface area contributed by atoms with E-state index in [0.717, 1.165) is 11.1 Å². The maximum atomic E-state index is 12.4. The van der Waals surface area contributed by atoms with Gasteiger partial charge in [0.2, 0.25) is 0 Å². The lowest BCUT2D eigenvalue weighted by atomic mass is 10.1. The first kappa shape index (κ1) is 22.4. The van der Waals surface area contributed by atoms with Crippen LogP contribution in [0.5, 0.6) is 5.75 Å². The first-order valence-electron chi connectivity index (χ1n) is 9.94. The molecule has 0 bridgehead atoms. The zero-order chi connectivity index (χ0) is 23.1. The van der Waals surface area contributed by atoms with E-state index >= 15 is 0 Å². The molecule has 3 aromatic carbocycles. The number of carbonyl (C=O) groups is 3. The molecule has 32 heavy (non-hydrogen) atoms. The molecule has 0 spiro atoms. The quantitative estimate of drug-likeness (QED) is 0.211. The summed E-state index contributed by atoms with van der Waals surface area (Å²) >= 11 is 0. The van der Waals surface area contributed by atoms with Crippen LogP contribution in [0.4, 0.5) is 5.69 Å². The number of nitrogens with zero attached hydrogens (tertiary/aromatic N) is 1. The van der Waals surface area contributed by atoms with E-state index in [9.17, 15) is 14.4 Å². The number of aryl methyl sites for hydroxylation is 2. The van der Waals surface area contributed by atoms with Crippen molar-refractivity contribution in [1.82, 2.24) is 5.43 Å². The highest BCUT2D eigenvalue weighted by atomic mass is 16.5. The number of benzene rings is 3. The van der Waals surface area contributed by atoms with Gasteiger partial charge in [-0.2, -0.15) is 5.10 Å². The highest BCUT2D eigenvalue weighted by Gasteiger charge is 2.16. The summed E-state index contributed by atoms with van der Waals surface area (Å²) in [7, 11) is 0. The normalized spacial score (nSPS) is 10.9. The first-order valence-corrected chi connectivity index (χ1v) is 9.94. The molecule has 2 amide bonds. The van der Waals surface area contributed by atoms with Crippen molar-refractivity contribution in [2.45, 2.75) is 20.8 Å². The standard InChI is InChI=1S/C25H23N3O4/c1-16-13-14-17(2)21(15-16)26-23(29)24(30)28-27-18(3)20-11-7-8-12-22(20)32-25(31)19-9-5-4-6-10-19/h4-15H,1-3H3,(H,26,29)(H,28,30). The van der Waals surface area contributed by atoms with Crippen molar-refractivity contribution >= 4 is 29.2 Å². The summed E-state index contributed by atoms with van der Waals surface area (Å²) in [6, 6.07) is 21.0. The van der Waals surface area contributed by atoms with Gasteiger partial charge in [0.05, 0.1) is 11.3 Å². The highest BCUT2D eigenvalue weighted by Crippen LogP contribution is 2.20. The molecule has 0 unspecified atom stereocenters. The van der Waals surface area contributed by atoms with Crippen molar-refractivity contribution in [3.05, 3.63) is 95.1 Å². The number of carbonyl (C=O) groups excluding carboxylic acids is 3. The number of ether oxygens (including phenoxy) is 1. The lowest BCUT2D eigenvalue weighted by Gasteiger charge is -2.10. The van der Waals surface area contributed by atoms with E-state index < -0.39 is 17.8 Å². The van der Waals surface area contributed by atoms with E-state index in [1.165, 1.54) is 0 Å². The van der Waals surface area contributed by atoms with Crippen molar-refractivity contribution in [3.63, 3.8) is 0 Å². The Hall–Kier alpha value is -4.26. The molecule has 3 rings (SSSR count). The van der Waals surface area contributed by atoms with Crippen LogP contribution in [0.25, 0.3) is 0 Å². The number of nitrogens with one attached hydrogen (secondary N) is 2. The molecule has 0 aliphatic heterocycles. The number of hydrogen-bond donors (Lipinski definition) is 2. The molecule has 0 aliphatic rings. The van der Waals surface area contributed by atoms with Crippen LogP contribution in [-0.4, -0.2) is 23.5 Å². The van der Waals surface area contributed by atoms with Gasteiger partial charge < -0.3 is 10.1 Å². The summed E-state index contributed by atoms with van der Waals surface area (Å²) in [5.41, 5.74) is 5.89. The third-order valence-electron chi connectivity index (χ3n) is 4.66. The van der Waals surface area contributed by atoms with E-state index in [4.69, 9.17) is 4.74 Å². The monoisotopic (exact) mass is 429 g/mol. The van der Waals surface area contributed by atoms with E-state index in [1.807, 2.05) is 26.0 Å². The number of rotatable bonds is 5. The van der Waals surface area contributed by atoms with Crippen molar-refractivity contribution < 1.29 is 19.1 Å². The first-order chi connectivity index (χ1) is 15.3. The summed E-state index contributed by atoms with van der Waals surface area (Å²) in [6.07, 6.45) is 0. The van der Waals surface area contributed by atoms with Gasteiger partial charge in [-0.1, -0.05) is 42.5 Å². The summed E-state index contributed by atoms with van der Waals surface area (Å²) in [6.45, 7) is 5.37. The number of esters is 1. The minimum atomic E-state index is -0.913. The molecule has 0 radical (unpaired) electrons. The van der Waals surface area contributed by atoms with Crippen LogP contribution in [0, 0.1) is 13.8 Å². The molecular formula is C25H23N3O4. The summed E-state index contributed by atoms with van der Waals surface area (Å²) < 4.78 is 5.50. The van der Waals surface area contributed by atoms with Gasteiger partial charge >= 0.3 is 17.8 Å². The van der Waals surface area contributed by atoms with Gasteiger partial charge in [-0.3, -0.25) is 9.59 Å². The second kappa shape index (κ2) is 10.2. The Balaban J connectivity index is 1.69. The third kappa shape index (κ3) is 5.66. The highest BCUT2D eigenvalue weighted by molar-refractivity contribution is 6.39. The Morgan fingerprint density at radius 3 is 2.28 bits per heavy atom. The molecule has 0 saturated heterocycles. The largest absolute Gasteiger partial charge is 0.422 e. The van der Waals surface area contributed by atoms with Gasteiger partial charge in [-0.25, -0.2) is 10.2 Å². The molecule has 2 N–H and O–H groups in total.